The van der Waals surface area contributed by atoms with E-state index >= 15 is 0 Å². The van der Waals surface area contributed by atoms with Crippen molar-refractivity contribution in [2.45, 2.75) is 43.2 Å². The molecule has 2 heterocycles. The molecule has 0 amide bonds. The van der Waals surface area contributed by atoms with E-state index in [9.17, 15) is 5.11 Å². The zero-order chi connectivity index (χ0) is 24.0. The molecule has 35 heavy (non-hydrogen) atoms. The van der Waals surface area contributed by atoms with E-state index in [0.717, 1.165) is 74.4 Å². The van der Waals surface area contributed by atoms with Crippen LogP contribution in [0.4, 0.5) is 5.69 Å². The summed E-state index contributed by atoms with van der Waals surface area (Å²) in [5, 5.41) is 10.5. The van der Waals surface area contributed by atoms with Crippen LogP contribution in [0, 0.1) is 0 Å². The van der Waals surface area contributed by atoms with Gasteiger partial charge in [-0.2, -0.15) is 4.41 Å². The van der Waals surface area contributed by atoms with Gasteiger partial charge >= 0.3 is 0 Å². The Labute approximate surface area is 217 Å². The molecule has 1 atom stereocenters. The predicted octanol–water partition coefficient (Wildman–Crippen LogP) is 6.47. The molecule has 3 aromatic carbocycles. The number of rotatable bonds is 8. The van der Waals surface area contributed by atoms with Crippen molar-refractivity contribution in [2.75, 3.05) is 31.7 Å². The maximum Gasteiger partial charge on any atom is 0.138 e. The molecule has 2 aliphatic heterocycles. The molecule has 1 saturated heterocycles. The van der Waals surface area contributed by atoms with Gasteiger partial charge in [0.2, 0.25) is 0 Å². The molecule has 2 aliphatic rings. The molecular formula is C28H32ClN3O2S. The Morgan fingerprint density at radius 1 is 1.03 bits per heavy atom. The molecule has 0 bridgehead atoms. The lowest BCUT2D eigenvalue weighted by Crippen LogP contribution is -2.27. The molecule has 0 radical (unpaired) electrons. The zero-order valence-electron chi connectivity index (χ0n) is 19.8. The van der Waals surface area contributed by atoms with Crippen LogP contribution < -0.4 is 10.2 Å². The van der Waals surface area contributed by atoms with Crippen molar-refractivity contribution in [3.8, 4) is 16.9 Å². The summed E-state index contributed by atoms with van der Waals surface area (Å²) < 4.78 is 8.23. The highest BCUT2D eigenvalue weighted by molar-refractivity contribution is 7.97. The highest BCUT2D eigenvalue weighted by Crippen LogP contribution is 2.38. The van der Waals surface area contributed by atoms with Crippen LogP contribution in [0.1, 0.15) is 31.2 Å². The third-order valence-electron chi connectivity index (χ3n) is 6.55. The summed E-state index contributed by atoms with van der Waals surface area (Å²) in [6.07, 6.45) is 3.64. The Kier molecular flexibility index (Phi) is 8.16. The first kappa shape index (κ1) is 24.5. The number of nitrogens with one attached hydrogen (secondary N) is 1. The summed E-state index contributed by atoms with van der Waals surface area (Å²) in [4.78, 5) is 3.71. The lowest BCUT2D eigenvalue weighted by Gasteiger charge is -2.20. The van der Waals surface area contributed by atoms with Gasteiger partial charge in [0.1, 0.15) is 5.75 Å². The summed E-state index contributed by atoms with van der Waals surface area (Å²) >= 11 is 8.52. The second-order valence-electron chi connectivity index (χ2n) is 9.17. The monoisotopic (exact) mass is 509 g/mol. The third-order valence-corrected chi connectivity index (χ3v) is 7.98. The van der Waals surface area contributed by atoms with Crippen molar-refractivity contribution >= 4 is 29.2 Å². The van der Waals surface area contributed by atoms with Gasteiger partial charge in [-0.15, -0.1) is 0 Å². The topological polar surface area (TPSA) is 48.0 Å². The van der Waals surface area contributed by atoms with Gasteiger partial charge in [-0.25, -0.2) is 0 Å². The van der Waals surface area contributed by atoms with Crippen LogP contribution in [-0.2, 0) is 6.54 Å². The molecule has 0 spiro atoms. The lowest BCUT2D eigenvalue weighted by atomic mass is 10.0. The summed E-state index contributed by atoms with van der Waals surface area (Å²) in [5.41, 5.74) is 7.89. The third kappa shape index (κ3) is 6.32. The number of hydrogen-bond acceptors (Lipinski definition) is 6. The smallest absolute Gasteiger partial charge is 0.138 e. The summed E-state index contributed by atoms with van der Waals surface area (Å²) in [6, 6.07) is 22.8. The number of aliphatic hydroxyl groups is 1. The molecule has 5 rings (SSSR count). The maximum absolute atomic E-state index is 9.83. The van der Waals surface area contributed by atoms with Crippen LogP contribution in [0.25, 0.3) is 11.1 Å². The molecule has 0 aromatic heterocycles. The van der Waals surface area contributed by atoms with Gasteiger partial charge in [-0.05, 0) is 79.6 Å². The Balaban J connectivity index is 1.18. The van der Waals surface area contributed by atoms with Gasteiger partial charge in [0.15, 0.2) is 0 Å². The van der Waals surface area contributed by atoms with Gasteiger partial charge in [0, 0.05) is 23.5 Å². The van der Waals surface area contributed by atoms with Crippen molar-refractivity contribution in [1.82, 2.24) is 9.31 Å². The van der Waals surface area contributed by atoms with E-state index in [1.807, 2.05) is 24.3 Å². The first-order chi connectivity index (χ1) is 17.2. The molecular weight excluding hydrogens is 478 g/mol. The Bertz CT molecular complexity index is 1120. The Hall–Kier alpha value is -2.22. The molecule has 1 unspecified atom stereocenters. The van der Waals surface area contributed by atoms with E-state index in [-0.39, 0.29) is 6.10 Å². The van der Waals surface area contributed by atoms with Crippen molar-refractivity contribution in [2.24, 2.45) is 0 Å². The first-order valence-corrected chi connectivity index (χ1v) is 13.5. The van der Waals surface area contributed by atoms with Crippen molar-refractivity contribution in [3.05, 3.63) is 77.3 Å². The van der Waals surface area contributed by atoms with E-state index in [4.69, 9.17) is 16.3 Å². The summed E-state index contributed by atoms with van der Waals surface area (Å²) in [5.74, 6) is 0.722. The molecule has 0 saturated carbocycles. The van der Waals surface area contributed by atoms with Gasteiger partial charge < -0.3 is 20.2 Å². The number of nitrogens with zero attached hydrogens (tertiary/aromatic N) is 2. The number of hydrazine groups is 1. The largest absolute Gasteiger partial charge is 0.492 e. The predicted molar refractivity (Wildman–Crippen MR) is 145 cm³/mol. The minimum absolute atomic E-state index is 0.142. The van der Waals surface area contributed by atoms with Crippen LogP contribution in [0.15, 0.2) is 71.6 Å². The van der Waals surface area contributed by atoms with E-state index in [2.05, 4.69) is 57.2 Å². The van der Waals surface area contributed by atoms with Gasteiger partial charge in [-0.3, -0.25) is 0 Å². The molecule has 184 valence electrons. The fourth-order valence-electron chi connectivity index (χ4n) is 4.67. The van der Waals surface area contributed by atoms with Gasteiger partial charge in [-0.1, -0.05) is 54.1 Å². The summed E-state index contributed by atoms with van der Waals surface area (Å²) in [6.45, 7) is 4.48. The van der Waals surface area contributed by atoms with Crippen LogP contribution in [0.2, 0.25) is 5.02 Å². The fraction of sp³-hybridized carbons (Fsp3) is 0.357. The van der Waals surface area contributed by atoms with Crippen LogP contribution >= 0.6 is 23.5 Å². The molecule has 2 N–H and O–H groups in total. The van der Waals surface area contributed by atoms with E-state index < -0.39 is 0 Å². The molecule has 3 aromatic rings. The lowest BCUT2D eigenvalue weighted by molar-refractivity contribution is 0.154. The SMILES string of the molecule is OC1CCCN(CCCOc2cccc(-c3cccc(NN4Cc5ccccc5S4)c3)c2Cl)CC1. The van der Waals surface area contributed by atoms with Crippen LogP contribution in [0.3, 0.4) is 0 Å². The average Bonchev–Trinajstić information content (AvgIpc) is 3.16. The number of hydrogen-bond donors (Lipinski definition) is 2. The maximum atomic E-state index is 9.83. The number of benzene rings is 3. The second-order valence-corrected chi connectivity index (χ2v) is 10.6. The van der Waals surface area contributed by atoms with E-state index in [0.29, 0.717) is 11.6 Å². The number of ether oxygens (including phenoxy) is 1. The molecule has 5 nitrogen and oxygen atoms in total. The fourth-order valence-corrected chi connectivity index (χ4v) is 5.94. The number of likely N-dealkylation sites (tertiary alicyclic amines) is 1. The minimum atomic E-state index is -0.142. The van der Waals surface area contributed by atoms with Gasteiger partial charge in [0.05, 0.1) is 30.0 Å². The molecule has 1 fully saturated rings. The van der Waals surface area contributed by atoms with Crippen LogP contribution in [0.5, 0.6) is 5.75 Å². The van der Waals surface area contributed by atoms with Crippen molar-refractivity contribution in [1.29, 1.82) is 0 Å². The second kappa shape index (κ2) is 11.7. The Morgan fingerprint density at radius 3 is 2.83 bits per heavy atom. The van der Waals surface area contributed by atoms with E-state index in [1.165, 1.54) is 10.5 Å². The zero-order valence-corrected chi connectivity index (χ0v) is 21.4. The molecule has 7 heteroatoms. The van der Waals surface area contributed by atoms with Crippen molar-refractivity contribution in [3.63, 3.8) is 0 Å². The van der Waals surface area contributed by atoms with Crippen LogP contribution in [-0.4, -0.2) is 46.8 Å². The number of anilines is 1. The highest BCUT2D eigenvalue weighted by atomic mass is 35.5. The molecule has 0 aliphatic carbocycles. The normalized spacial score (nSPS) is 18.7. The first-order valence-electron chi connectivity index (χ1n) is 12.4. The van der Waals surface area contributed by atoms with Gasteiger partial charge in [0.25, 0.3) is 0 Å². The summed E-state index contributed by atoms with van der Waals surface area (Å²) in [7, 11) is 0. The number of halogens is 1. The van der Waals surface area contributed by atoms with E-state index in [1.54, 1.807) is 11.9 Å². The van der Waals surface area contributed by atoms with Crippen molar-refractivity contribution < 1.29 is 9.84 Å². The number of fused-ring (bicyclic) bond motifs is 1. The quantitative estimate of drug-likeness (QED) is 0.268. The number of aliphatic hydroxyl groups excluding tert-OH is 1. The minimum Gasteiger partial charge on any atom is -0.492 e. The average molecular weight is 510 g/mol. The standard InChI is InChI=1S/C28H32ClN3O2S/c29-28-25(11-4-12-26(28)34-18-6-16-31-15-5-10-24(33)14-17-31)21-8-3-9-23(19-21)30-32-20-22-7-1-2-13-27(22)35-32/h1-4,7-9,11-13,19,24,30,33H,5-6,10,14-18,20H2. The Morgan fingerprint density at radius 2 is 1.91 bits per heavy atom. The highest BCUT2D eigenvalue weighted by Gasteiger charge is 2.20.